The molecule has 1 aliphatic heterocycles. The molecule has 0 amide bonds. The van der Waals surface area contributed by atoms with Crippen molar-refractivity contribution in [3.8, 4) is 0 Å². The van der Waals surface area contributed by atoms with Crippen LogP contribution in [-0.4, -0.2) is 39.8 Å². The number of nitrogens with zero attached hydrogens (tertiary/aromatic N) is 2. The van der Waals surface area contributed by atoms with Gasteiger partial charge >= 0.3 is 5.97 Å². The van der Waals surface area contributed by atoms with E-state index in [0.29, 0.717) is 24.3 Å². The zero-order valence-corrected chi connectivity index (χ0v) is 10.2. The van der Waals surface area contributed by atoms with E-state index in [1.54, 1.807) is 0 Å². The third kappa shape index (κ3) is 2.49. The van der Waals surface area contributed by atoms with Crippen LogP contribution in [0.25, 0.3) is 0 Å². The molecular formula is C12H18N2O3. The summed E-state index contributed by atoms with van der Waals surface area (Å²) in [5, 5.41) is 12.6. The molecule has 17 heavy (non-hydrogen) atoms. The Morgan fingerprint density at radius 2 is 2.47 bits per heavy atom. The van der Waals surface area contributed by atoms with Crippen molar-refractivity contribution in [1.82, 2.24) is 10.1 Å². The summed E-state index contributed by atoms with van der Waals surface area (Å²) in [6.45, 7) is 5.41. The van der Waals surface area contributed by atoms with Crippen LogP contribution in [0.5, 0.6) is 0 Å². The Bertz CT molecular complexity index is 400. The number of carboxylic acid groups (broad SMARTS) is 1. The SMILES string of the molecule is CC(C)N1CCCC1Cc1oncc1C(=O)O. The topological polar surface area (TPSA) is 66.6 Å². The Labute approximate surface area is 100 Å². The maximum atomic E-state index is 11.0. The summed E-state index contributed by atoms with van der Waals surface area (Å²) in [6, 6.07) is 0.861. The van der Waals surface area contributed by atoms with E-state index < -0.39 is 5.97 Å². The third-order valence-electron chi connectivity index (χ3n) is 3.38. The maximum Gasteiger partial charge on any atom is 0.340 e. The summed E-state index contributed by atoms with van der Waals surface area (Å²) < 4.78 is 5.06. The molecule has 2 rings (SSSR count). The van der Waals surface area contributed by atoms with Crippen LogP contribution < -0.4 is 0 Å². The van der Waals surface area contributed by atoms with E-state index in [0.717, 1.165) is 13.0 Å². The van der Waals surface area contributed by atoms with Crippen LogP contribution in [0.1, 0.15) is 42.8 Å². The number of rotatable bonds is 4. The molecule has 1 aromatic rings. The zero-order chi connectivity index (χ0) is 12.4. The van der Waals surface area contributed by atoms with Gasteiger partial charge in [-0.1, -0.05) is 5.16 Å². The summed E-state index contributed by atoms with van der Waals surface area (Å²) >= 11 is 0. The normalized spacial score (nSPS) is 21.2. The van der Waals surface area contributed by atoms with Gasteiger partial charge < -0.3 is 9.63 Å². The first kappa shape index (κ1) is 12.1. The quantitative estimate of drug-likeness (QED) is 0.866. The lowest BCUT2D eigenvalue weighted by Crippen LogP contribution is -2.36. The van der Waals surface area contributed by atoms with E-state index in [1.165, 1.54) is 12.6 Å². The summed E-state index contributed by atoms with van der Waals surface area (Å²) in [5.41, 5.74) is 0.195. The molecule has 0 radical (unpaired) electrons. The molecule has 0 saturated carbocycles. The summed E-state index contributed by atoms with van der Waals surface area (Å²) in [6.07, 6.45) is 4.18. The molecule has 1 N–H and O–H groups in total. The second kappa shape index (κ2) is 4.87. The highest BCUT2D eigenvalue weighted by molar-refractivity contribution is 5.88. The van der Waals surface area contributed by atoms with Gasteiger partial charge in [-0.2, -0.15) is 0 Å². The molecule has 0 spiro atoms. The molecule has 1 aromatic heterocycles. The summed E-state index contributed by atoms with van der Waals surface area (Å²) in [5.74, 6) is -0.467. The molecule has 1 atom stereocenters. The largest absolute Gasteiger partial charge is 0.478 e. The molecule has 0 aliphatic carbocycles. The molecule has 1 aliphatic rings. The Kier molecular flexibility index (Phi) is 3.47. The van der Waals surface area contributed by atoms with Crippen LogP contribution in [0, 0.1) is 0 Å². The summed E-state index contributed by atoms with van der Waals surface area (Å²) in [7, 11) is 0. The molecule has 1 unspecified atom stereocenters. The van der Waals surface area contributed by atoms with Gasteiger partial charge in [-0.15, -0.1) is 0 Å². The van der Waals surface area contributed by atoms with E-state index in [-0.39, 0.29) is 5.56 Å². The smallest absolute Gasteiger partial charge is 0.340 e. The third-order valence-corrected chi connectivity index (χ3v) is 3.38. The molecule has 1 fully saturated rings. The van der Waals surface area contributed by atoms with Gasteiger partial charge in [-0.3, -0.25) is 4.90 Å². The zero-order valence-electron chi connectivity index (χ0n) is 10.2. The highest BCUT2D eigenvalue weighted by Crippen LogP contribution is 2.24. The first-order valence-electron chi connectivity index (χ1n) is 6.02. The Morgan fingerprint density at radius 3 is 3.12 bits per heavy atom. The molecule has 0 aromatic carbocycles. The van der Waals surface area contributed by atoms with Crippen molar-refractivity contribution >= 4 is 5.97 Å². The number of likely N-dealkylation sites (tertiary alicyclic amines) is 1. The van der Waals surface area contributed by atoms with E-state index in [4.69, 9.17) is 9.63 Å². The first-order valence-corrected chi connectivity index (χ1v) is 6.02. The van der Waals surface area contributed by atoms with E-state index in [1.807, 2.05) is 0 Å². The number of hydrogen-bond acceptors (Lipinski definition) is 4. The second-order valence-electron chi connectivity index (χ2n) is 4.80. The van der Waals surface area contributed by atoms with Gasteiger partial charge in [-0.05, 0) is 33.2 Å². The number of carboxylic acids is 1. The van der Waals surface area contributed by atoms with Crippen molar-refractivity contribution in [2.24, 2.45) is 0 Å². The number of hydrogen-bond donors (Lipinski definition) is 1. The molecule has 1 saturated heterocycles. The Balaban J connectivity index is 2.10. The van der Waals surface area contributed by atoms with Crippen molar-refractivity contribution in [3.63, 3.8) is 0 Å². The fourth-order valence-corrected chi connectivity index (χ4v) is 2.56. The fourth-order valence-electron chi connectivity index (χ4n) is 2.56. The molecule has 5 heteroatoms. The maximum absolute atomic E-state index is 11.0. The van der Waals surface area contributed by atoms with Crippen LogP contribution in [0.4, 0.5) is 0 Å². The Morgan fingerprint density at radius 1 is 1.71 bits per heavy atom. The predicted octanol–water partition coefficient (Wildman–Crippen LogP) is 1.79. The molecule has 94 valence electrons. The minimum atomic E-state index is -0.963. The number of aromatic nitrogens is 1. The first-order chi connectivity index (χ1) is 8.09. The van der Waals surface area contributed by atoms with Crippen LogP contribution >= 0.6 is 0 Å². The van der Waals surface area contributed by atoms with Crippen molar-refractivity contribution < 1.29 is 14.4 Å². The van der Waals surface area contributed by atoms with Crippen LogP contribution in [-0.2, 0) is 6.42 Å². The van der Waals surface area contributed by atoms with E-state index >= 15 is 0 Å². The van der Waals surface area contributed by atoms with Crippen LogP contribution in [0.3, 0.4) is 0 Å². The van der Waals surface area contributed by atoms with Crippen molar-refractivity contribution in [2.45, 2.75) is 45.2 Å². The van der Waals surface area contributed by atoms with Crippen molar-refractivity contribution in [1.29, 1.82) is 0 Å². The highest BCUT2D eigenvalue weighted by Gasteiger charge is 2.29. The van der Waals surface area contributed by atoms with Crippen molar-refractivity contribution in [3.05, 3.63) is 17.5 Å². The molecule has 2 heterocycles. The fraction of sp³-hybridized carbons (Fsp3) is 0.667. The lowest BCUT2D eigenvalue weighted by atomic mass is 10.1. The van der Waals surface area contributed by atoms with Gasteiger partial charge in [0.25, 0.3) is 0 Å². The van der Waals surface area contributed by atoms with Gasteiger partial charge in [0.2, 0.25) is 0 Å². The van der Waals surface area contributed by atoms with E-state index in [9.17, 15) is 4.79 Å². The monoisotopic (exact) mass is 238 g/mol. The number of aromatic carboxylic acids is 1. The van der Waals surface area contributed by atoms with E-state index in [2.05, 4.69) is 23.9 Å². The van der Waals surface area contributed by atoms with Gasteiger partial charge in [0.15, 0.2) is 5.76 Å². The standard InChI is InChI=1S/C12H18N2O3/c1-8(2)14-5-3-4-9(14)6-11-10(12(15)16)7-13-17-11/h7-9H,3-6H2,1-2H3,(H,15,16). The summed E-state index contributed by atoms with van der Waals surface area (Å²) in [4.78, 5) is 13.4. The average molecular weight is 238 g/mol. The lowest BCUT2D eigenvalue weighted by molar-refractivity contribution is 0.0693. The molecule has 5 nitrogen and oxygen atoms in total. The van der Waals surface area contributed by atoms with Crippen LogP contribution in [0.2, 0.25) is 0 Å². The van der Waals surface area contributed by atoms with Gasteiger partial charge in [0, 0.05) is 18.5 Å². The van der Waals surface area contributed by atoms with Gasteiger partial charge in [-0.25, -0.2) is 4.79 Å². The van der Waals surface area contributed by atoms with Crippen molar-refractivity contribution in [2.75, 3.05) is 6.54 Å². The lowest BCUT2D eigenvalue weighted by Gasteiger charge is -2.27. The second-order valence-corrected chi connectivity index (χ2v) is 4.80. The number of carbonyl (C=O) groups is 1. The predicted molar refractivity (Wildman–Crippen MR) is 62.0 cm³/mol. The highest BCUT2D eigenvalue weighted by atomic mass is 16.5. The van der Waals surface area contributed by atoms with Gasteiger partial charge in [0.05, 0.1) is 6.20 Å². The van der Waals surface area contributed by atoms with Crippen LogP contribution in [0.15, 0.2) is 10.7 Å². The minimum Gasteiger partial charge on any atom is -0.478 e. The average Bonchev–Trinajstić information content (AvgIpc) is 2.86. The molecule has 0 bridgehead atoms. The Hall–Kier alpha value is -1.36. The van der Waals surface area contributed by atoms with Gasteiger partial charge in [0.1, 0.15) is 5.56 Å². The molecular weight excluding hydrogens is 220 g/mol. The minimum absolute atomic E-state index is 0.195.